The van der Waals surface area contributed by atoms with E-state index in [0.717, 1.165) is 5.56 Å². The first-order chi connectivity index (χ1) is 14.2. The van der Waals surface area contributed by atoms with Gasteiger partial charge in [-0.15, -0.1) is 0 Å². The lowest BCUT2D eigenvalue weighted by Gasteiger charge is -2.31. The fourth-order valence-corrected chi connectivity index (χ4v) is 3.73. The molecular weight excluding hydrogens is 382 g/mol. The zero-order valence-corrected chi connectivity index (χ0v) is 17.8. The molecule has 9 nitrogen and oxygen atoms in total. The molecule has 0 atom stereocenters. The summed E-state index contributed by atoms with van der Waals surface area (Å²) in [6.45, 7) is 9.31. The van der Waals surface area contributed by atoms with Crippen molar-refractivity contribution in [2.45, 2.75) is 46.1 Å². The standard InChI is InChI=1S/C21H27N7O2/c1-13-5-8-22-16(11-13)24-18(29)14-6-9-27(10-7-14)20-25-17-15(19(30)26-20)12-23-28(17)21(2,3)4/h5,8,11-12,14H,6-7,9-10H2,1-4H3,(H,22,24,29)(H,25,26,30). The molecule has 1 amide bonds. The van der Waals surface area contributed by atoms with Gasteiger partial charge in [0.1, 0.15) is 11.2 Å². The SMILES string of the molecule is Cc1ccnc(NC(=O)C2CCN(c3nc4c(cnn4C(C)(C)C)c(=O)[nH]3)CC2)c1. The van der Waals surface area contributed by atoms with Gasteiger partial charge < -0.3 is 10.2 Å². The first-order valence-electron chi connectivity index (χ1n) is 10.2. The van der Waals surface area contributed by atoms with Crippen LogP contribution in [0.1, 0.15) is 39.2 Å². The Morgan fingerprint density at radius 1 is 1.27 bits per heavy atom. The fourth-order valence-electron chi connectivity index (χ4n) is 3.73. The summed E-state index contributed by atoms with van der Waals surface area (Å²) >= 11 is 0. The Labute approximate surface area is 174 Å². The Hall–Kier alpha value is -3.23. The third kappa shape index (κ3) is 3.92. The van der Waals surface area contributed by atoms with E-state index in [9.17, 15) is 9.59 Å². The van der Waals surface area contributed by atoms with E-state index in [4.69, 9.17) is 4.98 Å². The highest BCUT2D eigenvalue weighted by Gasteiger charge is 2.27. The molecule has 0 saturated carbocycles. The highest BCUT2D eigenvalue weighted by molar-refractivity contribution is 5.91. The molecule has 4 heterocycles. The van der Waals surface area contributed by atoms with Crippen molar-refractivity contribution in [2.75, 3.05) is 23.3 Å². The van der Waals surface area contributed by atoms with Gasteiger partial charge in [0.05, 0.1) is 11.7 Å². The van der Waals surface area contributed by atoms with E-state index in [-0.39, 0.29) is 22.9 Å². The predicted octanol–water partition coefficient (Wildman–Crippen LogP) is 2.43. The molecule has 9 heteroatoms. The highest BCUT2D eigenvalue weighted by atomic mass is 16.2. The molecule has 0 bridgehead atoms. The third-order valence-electron chi connectivity index (χ3n) is 5.39. The fraction of sp³-hybridized carbons (Fsp3) is 0.476. The third-order valence-corrected chi connectivity index (χ3v) is 5.39. The Morgan fingerprint density at radius 3 is 2.67 bits per heavy atom. The van der Waals surface area contributed by atoms with Crippen molar-refractivity contribution >= 4 is 28.7 Å². The van der Waals surface area contributed by atoms with Crippen molar-refractivity contribution in [3.8, 4) is 0 Å². The van der Waals surface area contributed by atoms with Crippen LogP contribution in [-0.2, 0) is 10.3 Å². The number of carbonyl (C=O) groups excluding carboxylic acids is 1. The normalized spacial score (nSPS) is 15.5. The molecular formula is C21H27N7O2. The van der Waals surface area contributed by atoms with E-state index < -0.39 is 0 Å². The molecule has 0 aliphatic carbocycles. The van der Waals surface area contributed by atoms with E-state index in [1.807, 2.05) is 44.7 Å². The lowest BCUT2D eigenvalue weighted by atomic mass is 9.96. The molecule has 1 fully saturated rings. The summed E-state index contributed by atoms with van der Waals surface area (Å²) in [6, 6.07) is 3.75. The topological polar surface area (TPSA) is 109 Å². The predicted molar refractivity (Wildman–Crippen MR) is 116 cm³/mol. The van der Waals surface area contributed by atoms with E-state index in [0.29, 0.717) is 48.7 Å². The lowest BCUT2D eigenvalue weighted by Crippen LogP contribution is -2.39. The molecule has 158 valence electrons. The molecule has 0 spiro atoms. The number of carbonyl (C=O) groups is 1. The van der Waals surface area contributed by atoms with Crippen LogP contribution in [0.25, 0.3) is 11.0 Å². The number of aryl methyl sites for hydroxylation is 1. The Morgan fingerprint density at radius 2 is 2.00 bits per heavy atom. The van der Waals surface area contributed by atoms with Gasteiger partial charge in [0.2, 0.25) is 11.9 Å². The first-order valence-corrected chi connectivity index (χ1v) is 10.2. The summed E-state index contributed by atoms with van der Waals surface area (Å²) in [5.41, 5.74) is 1.15. The van der Waals surface area contributed by atoms with Crippen LogP contribution >= 0.6 is 0 Å². The van der Waals surface area contributed by atoms with Crippen molar-refractivity contribution < 1.29 is 4.79 Å². The van der Waals surface area contributed by atoms with E-state index in [1.54, 1.807) is 17.1 Å². The summed E-state index contributed by atoms with van der Waals surface area (Å²) < 4.78 is 1.77. The Balaban J connectivity index is 1.48. The Bertz CT molecular complexity index is 1130. The molecule has 3 aromatic rings. The number of aromatic amines is 1. The summed E-state index contributed by atoms with van der Waals surface area (Å²) in [4.78, 5) is 38.9. The number of nitrogens with zero attached hydrogens (tertiary/aromatic N) is 5. The van der Waals surface area contributed by atoms with Gasteiger partial charge in [-0.25, -0.2) is 9.67 Å². The number of piperidine rings is 1. The van der Waals surface area contributed by atoms with Crippen molar-refractivity contribution in [1.29, 1.82) is 0 Å². The molecule has 1 saturated heterocycles. The average molecular weight is 409 g/mol. The Kier molecular flexibility index (Phi) is 5.05. The van der Waals surface area contributed by atoms with Crippen LogP contribution < -0.4 is 15.8 Å². The largest absolute Gasteiger partial charge is 0.342 e. The van der Waals surface area contributed by atoms with Gasteiger partial charge in [-0.1, -0.05) is 0 Å². The second-order valence-electron chi connectivity index (χ2n) is 8.82. The van der Waals surface area contributed by atoms with Crippen LogP contribution in [0.3, 0.4) is 0 Å². The molecule has 30 heavy (non-hydrogen) atoms. The number of fused-ring (bicyclic) bond motifs is 1. The minimum absolute atomic E-state index is 0.0181. The van der Waals surface area contributed by atoms with Gasteiger partial charge in [0.15, 0.2) is 5.65 Å². The number of nitrogens with one attached hydrogen (secondary N) is 2. The number of rotatable bonds is 3. The smallest absolute Gasteiger partial charge is 0.263 e. The van der Waals surface area contributed by atoms with E-state index in [1.165, 1.54) is 0 Å². The van der Waals surface area contributed by atoms with Crippen molar-refractivity contribution in [1.82, 2.24) is 24.7 Å². The lowest BCUT2D eigenvalue weighted by molar-refractivity contribution is -0.120. The van der Waals surface area contributed by atoms with Gasteiger partial charge >= 0.3 is 0 Å². The monoisotopic (exact) mass is 409 g/mol. The summed E-state index contributed by atoms with van der Waals surface area (Å²) in [5, 5.41) is 7.74. The van der Waals surface area contributed by atoms with Crippen LogP contribution in [0, 0.1) is 12.8 Å². The molecule has 0 radical (unpaired) electrons. The van der Waals surface area contributed by atoms with Gasteiger partial charge in [-0.3, -0.25) is 14.6 Å². The number of pyridine rings is 1. The van der Waals surface area contributed by atoms with E-state index in [2.05, 4.69) is 20.4 Å². The summed E-state index contributed by atoms with van der Waals surface area (Å²) in [5.74, 6) is 0.988. The summed E-state index contributed by atoms with van der Waals surface area (Å²) in [6.07, 6.45) is 4.61. The van der Waals surface area contributed by atoms with Crippen molar-refractivity contribution in [3.63, 3.8) is 0 Å². The van der Waals surface area contributed by atoms with Gasteiger partial charge in [-0.2, -0.15) is 10.1 Å². The molecule has 0 aromatic carbocycles. The number of anilines is 2. The number of H-pyrrole nitrogens is 1. The molecule has 3 aromatic heterocycles. The molecule has 4 rings (SSSR count). The van der Waals surface area contributed by atoms with Gasteiger partial charge in [0, 0.05) is 25.2 Å². The quantitative estimate of drug-likeness (QED) is 0.688. The van der Waals surface area contributed by atoms with Gasteiger partial charge in [-0.05, 0) is 58.2 Å². The summed E-state index contributed by atoms with van der Waals surface area (Å²) in [7, 11) is 0. The second kappa shape index (κ2) is 7.55. The molecule has 1 aliphatic rings. The van der Waals surface area contributed by atoms with Crippen molar-refractivity contribution in [2.24, 2.45) is 5.92 Å². The number of amides is 1. The van der Waals surface area contributed by atoms with Crippen molar-refractivity contribution in [3.05, 3.63) is 40.4 Å². The first kappa shape index (κ1) is 20.1. The minimum Gasteiger partial charge on any atom is -0.342 e. The highest BCUT2D eigenvalue weighted by Crippen LogP contribution is 2.24. The maximum absolute atomic E-state index is 12.6. The van der Waals surface area contributed by atoms with E-state index >= 15 is 0 Å². The maximum atomic E-state index is 12.6. The molecule has 1 aliphatic heterocycles. The van der Waals surface area contributed by atoms with Crippen LogP contribution in [0.4, 0.5) is 11.8 Å². The number of hydrogen-bond acceptors (Lipinski definition) is 6. The van der Waals surface area contributed by atoms with Crippen LogP contribution in [0.2, 0.25) is 0 Å². The maximum Gasteiger partial charge on any atom is 0.263 e. The van der Waals surface area contributed by atoms with Gasteiger partial charge in [0.25, 0.3) is 5.56 Å². The zero-order chi connectivity index (χ0) is 21.5. The van der Waals surface area contributed by atoms with Crippen LogP contribution in [-0.4, -0.2) is 43.7 Å². The van der Waals surface area contributed by atoms with Crippen LogP contribution in [0.15, 0.2) is 29.3 Å². The minimum atomic E-state index is -0.283. The zero-order valence-electron chi connectivity index (χ0n) is 17.8. The molecule has 0 unspecified atom stereocenters. The average Bonchev–Trinajstić information content (AvgIpc) is 3.13. The van der Waals surface area contributed by atoms with Crippen LogP contribution in [0.5, 0.6) is 0 Å². The molecule has 2 N–H and O–H groups in total. The second-order valence-corrected chi connectivity index (χ2v) is 8.82. The number of hydrogen-bond donors (Lipinski definition) is 2. The number of aromatic nitrogens is 5.